The molecule has 0 unspecified atom stereocenters. The fourth-order valence-corrected chi connectivity index (χ4v) is 1.23. The highest BCUT2D eigenvalue weighted by Crippen LogP contribution is 2.29. The summed E-state index contributed by atoms with van der Waals surface area (Å²) in [5.74, 6) is -1.13. The molecule has 0 atom stereocenters. The zero-order valence-corrected chi connectivity index (χ0v) is 9.69. The first-order chi connectivity index (χ1) is 8.85. The highest BCUT2D eigenvalue weighted by atomic mass is 19.4. The molecule has 2 N–H and O–H groups in total. The number of amides is 1. The SMILES string of the molecule is COc1cc(OC(F)(F)F)ccc1/C=C/C(=O)NO. The molecular weight excluding hydrogens is 267 g/mol. The minimum Gasteiger partial charge on any atom is -0.496 e. The van der Waals surface area contributed by atoms with Crippen LogP contribution < -0.4 is 15.0 Å². The Morgan fingerprint density at radius 2 is 2.11 bits per heavy atom. The molecule has 0 aliphatic carbocycles. The number of hydrogen-bond donors (Lipinski definition) is 2. The van der Waals surface area contributed by atoms with Gasteiger partial charge in [0.05, 0.1) is 7.11 Å². The van der Waals surface area contributed by atoms with Gasteiger partial charge in [-0.2, -0.15) is 0 Å². The van der Waals surface area contributed by atoms with Crippen molar-refractivity contribution < 1.29 is 32.6 Å². The van der Waals surface area contributed by atoms with Gasteiger partial charge in [0.1, 0.15) is 11.5 Å². The number of methoxy groups -OCH3 is 1. The Balaban J connectivity index is 2.97. The highest BCUT2D eigenvalue weighted by molar-refractivity contribution is 5.91. The van der Waals surface area contributed by atoms with Gasteiger partial charge in [-0.15, -0.1) is 13.2 Å². The van der Waals surface area contributed by atoms with Crippen molar-refractivity contribution >= 4 is 12.0 Å². The minimum absolute atomic E-state index is 0.0868. The number of hydroxylamine groups is 1. The van der Waals surface area contributed by atoms with Crippen molar-refractivity contribution in [3.05, 3.63) is 29.8 Å². The molecule has 0 bridgehead atoms. The fourth-order valence-electron chi connectivity index (χ4n) is 1.23. The molecule has 19 heavy (non-hydrogen) atoms. The van der Waals surface area contributed by atoms with E-state index in [1.807, 2.05) is 0 Å². The fraction of sp³-hybridized carbons (Fsp3) is 0.182. The van der Waals surface area contributed by atoms with E-state index in [4.69, 9.17) is 9.94 Å². The minimum atomic E-state index is -4.79. The zero-order chi connectivity index (χ0) is 14.5. The molecular formula is C11H10F3NO4. The molecule has 0 spiro atoms. The molecule has 0 aliphatic heterocycles. The largest absolute Gasteiger partial charge is 0.573 e. The smallest absolute Gasteiger partial charge is 0.496 e. The van der Waals surface area contributed by atoms with Crippen LogP contribution in [0, 0.1) is 0 Å². The Hall–Kier alpha value is -2.22. The van der Waals surface area contributed by atoms with Gasteiger partial charge < -0.3 is 9.47 Å². The van der Waals surface area contributed by atoms with Crippen molar-refractivity contribution in [1.82, 2.24) is 5.48 Å². The van der Waals surface area contributed by atoms with Crippen LogP contribution in [0.4, 0.5) is 13.2 Å². The third-order valence-corrected chi connectivity index (χ3v) is 1.96. The van der Waals surface area contributed by atoms with Crippen LogP contribution in [-0.2, 0) is 4.79 Å². The van der Waals surface area contributed by atoms with E-state index in [1.54, 1.807) is 0 Å². The standard InChI is InChI=1S/C11H10F3NO4/c1-18-9-6-8(19-11(12,13)14)4-2-7(9)3-5-10(16)15-17/h2-6,17H,1H3,(H,15,16)/b5-3+. The van der Waals surface area contributed by atoms with Crippen LogP contribution >= 0.6 is 0 Å². The number of ether oxygens (including phenoxy) is 2. The Bertz CT molecular complexity index is 485. The molecule has 1 aromatic carbocycles. The summed E-state index contributed by atoms with van der Waals surface area (Å²) in [5.41, 5.74) is 1.72. The number of hydrogen-bond acceptors (Lipinski definition) is 4. The molecule has 1 rings (SSSR count). The first kappa shape index (κ1) is 14.8. The van der Waals surface area contributed by atoms with Gasteiger partial charge in [-0.05, 0) is 18.2 Å². The summed E-state index contributed by atoms with van der Waals surface area (Å²) >= 11 is 0. The third kappa shape index (κ3) is 4.88. The lowest BCUT2D eigenvalue weighted by Crippen LogP contribution is -2.17. The molecule has 0 fully saturated rings. The lowest BCUT2D eigenvalue weighted by molar-refractivity contribution is -0.274. The zero-order valence-electron chi connectivity index (χ0n) is 9.69. The lowest BCUT2D eigenvalue weighted by atomic mass is 10.1. The summed E-state index contributed by atoms with van der Waals surface area (Å²) in [5, 5.41) is 8.28. The number of benzene rings is 1. The van der Waals surface area contributed by atoms with E-state index in [-0.39, 0.29) is 5.75 Å². The molecule has 1 amide bonds. The summed E-state index contributed by atoms with van der Waals surface area (Å²) < 4.78 is 44.7. The molecule has 0 aromatic heterocycles. The first-order valence-electron chi connectivity index (χ1n) is 4.91. The van der Waals surface area contributed by atoms with Gasteiger partial charge >= 0.3 is 6.36 Å². The third-order valence-electron chi connectivity index (χ3n) is 1.96. The maximum Gasteiger partial charge on any atom is 0.573 e. The number of carbonyl (C=O) groups is 1. The number of halogens is 3. The maximum atomic E-state index is 12.0. The van der Waals surface area contributed by atoms with Crippen LogP contribution in [0.15, 0.2) is 24.3 Å². The van der Waals surface area contributed by atoms with Crippen molar-refractivity contribution in [3.8, 4) is 11.5 Å². The Morgan fingerprint density at radius 3 is 2.63 bits per heavy atom. The van der Waals surface area contributed by atoms with Crippen molar-refractivity contribution in [2.75, 3.05) is 7.11 Å². The second kappa shape index (κ2) is 6.10. The predicted octanol–water partition coefficient (Wildman–Crippen LogP) is 2.11. The van der Waals surface area contributed by atoms with Gasteiger partial charge in [0, 0.05) is 17.7 Å². The quantitative estimate of drug-likeness (QED) is 0.502. The summed E-state index contributed by atoms with van der Waals surface area (Å²) in [6, 6.07) is 3.39. The monoisotopic (exact) mass is 277 g/mol. The number of nitrogens with one attached hydrogen (secondary N) is 1. The molecule has 0 aliphatic rings. The summed E-state index contributed by atoms with van der Waals surface area (Å²) in [6.07, 6.45) is -2.54. The molecule has 1 aromatic rings. The number of alkyl halides is 3. The van der Waals surface area contributed by atoms with Gasteiger partial charge in [0.2, 0.25) is 0 Å². The average Bonchev–Trinajstić information content (AvgIpc) is 2.34. The summed E-state index contributed by atoms with van der Waals surface area (Å²) in [4.78, 5) is 10.8. The van der Waals surface area contributed by atoms with Gasteiger partial charge in [0.15, 0.2) is 0 Å². The van der Waals surface area contributed by atoms with Crippen LogP contribution in [0.3, 0.4) is 0 Å². The highest BCUT2D eigenvalue weighted by Gasteiger charge is 2.31. The van der Waals surface area contributed by atoms with Crippen molar-refractivity contribution in [2.45, 2.75) is 6.36 Å². The molecule has 0 heterocycles. The van der Waals surface area contributed by atoms with Crippen LogP contribution in [0.1, 0.15) is 5.56 Å². The van der Waals surface area contributed by atoms with E-state index in [1.165, 1.54) is 24.7 Å². The second-order valence-electron chi connectivity index (χ2n) is 3.26. The average molecular weight is 277 g/mol. The summed E-state index contributed by atoms with van der Waals surface area (Å²) in [6.45, 7) is 0. The Kier molecular flexibility index (Phi) is 4.76. The predicted molar refractivity (Wildman–Crippen MR) is 58.6 cm³/mol. The first-order valence-corrected chi connectivity index (χ1v) is 4.91. The normalized spacial score (nSPS) is 11.4. The number of carbonyl (C=O) groups excluding carboxylic acids is 1. The van der Waals surface area contributed by atoms with Gasteiger partial charge in [-0.25, -0.2) is 5.48 Å². The molecule has 8 heteroatoms. The molecule has 0 saturated heterocycles. The van der Waals surface area contributed by atoms with Crippen LogP contribution in [0.5, 0.6) is 11.5 Å². The molecule has 5 nitrogen and oxygen atoms in total. The Labute approximate surface area is 106 Å². The van der Waals surface area contributed by atoms with E-state index < -0.39 is 18.0 Å². The van der Waals surface area contributed by atoms with E-state index in [2.05, 4.69) is 4.74 Å². The van der Waals surface area contributed by atoms with Gasteiger partial charge in [-0.1, -0.05) is 0 Å². The van der Waals surface area contributed by atoms with Crippen LogP contribution in [0.2, 0.25) is 0 Å². The van der Waals surface area contributed by atoms with E-state index in [0.717, 1.165) is 18.2 Å². The van der Waals surface area contributed by atoms with E-state index in [0.29, 0.717) is 5.56 Å². The maximum absolute atomic E-state index is 12.0. The van der Waals surface area contributed by atoms with Crippen LogP contribution in [-0.4, -0.2) is 24.6 Å². The van der Waals surface area contributed by atoms with Gasteiger partial charge in [-0.3, -0.25) is 10.0 Å². The molecule has 0 radical (unpaired) electrons. The second-order valence-corrected chi connectivity index (χ2v) is 3.26. The van der Waals surface area contributed by atoms with Crippen molar-refractivity contribution in [3.63, 3.8) is 0 Å². The lowest BCUT2D eigenvalue weighted by Gasteiger charge is -2.11. The van der Waals surface area contributed by atoms with Gasteiger partial charge in [0.25, 0.3) is 5.91 Å². The van der Waals surface area contributed by atoms with Crippen molar-refractivity contribution in [1.29, 1.82) is 0 Å². The Morgan fingerprint density at radius 1 is 1.42 bits per heavy atom. The number of rotatable bonds is 4. The molecule has 0 saturated carbocycles. The topological polar surface area (TPSA) is 67.8 Å². The van der Waals surface area contributed by atoms with Crippen molar-refractivity contribution in [2.24, 2.45) is 0 Å². The molecule has 104 valence electrons. The van der Waals surface area contributed by atoms with Crippen LogP contribution in [0.25, 0.3) is 6.08 Å². The van der Waals surface area contributed by atoms with E-state index >= 15 is 0 Å². The van der Waals surface area contributed by atoms with E-state index in [9.17, 15) is 18.0 Å². The summed E-state index contributed by atoms with van der Waals surface area (Å²) in [7, 11) is 1.26.